The van der Waals surface area contributed by atoms with Gasteiger partial charge in [0.25, 0.3) is 5.69 Å². The molecule has 0 aromatic heterocycles. The molecule has 2 aromatic carbocycles. The van der Waals surface area contributed by atoms with E-state index < -0.39 is 4.92 Å². The second-order valence-corrected chi connectivity index (χ2v) is 6.07. The van der Waals surface area contributed by atoms with Crippen molar-refractivity contribution >= 4 is 43.2 Å². The quantitative estimate of drug-likeness (QED) is 0.578. The molecule has 0 bridgehead atoms. The van der Waals surface area contributed by atoms with Crippen LogP contribution < -0.4 is 5.32 Å². The first kappa shape index (κ1) is 15.0. The van der Waals surface area contributed by atoms with E-state index in [4.69, 9.17) is 0 Å². The molecule has 104 valence electrons. The maximum absolute atomic E-state index is 10.9. The zero-order chi connectivity index (χ0) is 14.7. The highest BCUT2D eigenvalue weighted by Gasteiger charge is 2.12. The predicted molar refractivity (Wildman–Crippen MR) is 87.0 cm³/mol. The molecule has 20 heavy (non-hydrogen) atoms. The smallest absolute Gasteiger partial charge is 0.283 e. The molecule has 0 aliphatic heterocycles. The van der Waals surface area contributed by atoms with Gasteiger partial charge in [-0.2, -0.15) is 0 Å². The fraction of sp³-hybridized carbons (Fsp3) is 0.143. The van der Waals surface area contributed by atoms with Gasteiger partial charge in [0.05, 0.1) is 9.40 Å². The number of aryl methyl sites for hydroxylation is 1. The SMILES string of the molecule is Cc1cc(NCc2ccc(Br)c([N+](=O)[O-])c2)ccc1Br. The van der Waals surface area contributed by atoms with Crippen molar-refractivity contribution < 1.29 is 4.92 Å². The van der Waals surface area contributed by atoms with Gasteiger partial charge in [-0.3, -0.25) is 10.1 Å². The zero-order valence-corrected chi connectivity index (χ0v) is 13.9. The van der Waals surface area contributed by atoms with Crippen molar-refractivity contribution in [3.05, 3.63) is 66.6 Å². The number of nitrogens with one attached hydrogen (secondary N) is 1. The van der Waals surface area contributed by atoms with E-state index in [0.717, 1.165) is 21.3 Å². The lowest BCUT2D eigenvalue weighted by molar-refractivity contribution is -0.385. The summed E-state index contributed by atoms with van der Waals surface area (Å²) >= 11 is 6.63. The lowest BCUT2D eigenvalue weighted by Gasteiger charge is -2.08. The number of nitro benzene ring substituents is 1. The summed E-state index contributed by atoms with van der Waals surface area (Å²) in [5, 5.41) is 14.1. The minimum Gasteiger partial charge on any atom is -0.381 e. The maximum Gasteiger partial charge on any atom is 0.283 e. The van der Waals surface area contributed by atoms with E-state index in [1.54, 1.807) is 12.1 Å². The maximum atomic E-state index is 10.9. The Morgan fingerprint density at radius 1 is 1.15 bits per heavy atom. The van der Waals surface area contributed by atoms with Crippen molar-refractivity contribution in [3.8, 4) is 0 Å². The van der Waals surface area contributed by atoms with Crippen molar-refractivity contribution in [1.82, 2.24) is 0 Å². The Morgan fingerprint density at radius 3 is 2.50 bits per heavy atom. The molecule has 0 aliphatic carbocycles. The number of rotatable bonds is 4. The van der Waals surface area contributed by atoms with Gasteiger partial charge >= 0.3 is 0 Å². The number of benzene rings is 2. The summed E-state index contributed by atoms with van der Waals surface area (Å²) in [4.78, 5) is 10.5. The number of hydrogen-bond acceptors (Lipinski definition) is 3. The Kier molecular flexibility index (Phi) is 4.77. The van der Waals surface area contributed by atoms with Gasteiger partial charge in [0.2, 0.25) is 0 Å². The molecule has 0 saturated heterocycles. The lowest BCUT2D eigenvalue weighted by Crippen LogP contribution is -2.01. The third-order valence-corrected chi connectivity index (χ3v) is 4.42. The topological polar surface area (TPSA) is 55.2 Å². The van der Waals surface area contributed by atoms with Crippen molar-refractivity contribution in [3.63, 3.8) is 0 Å². The molecule has 0 spiro atoms. The van der Waals surface area contributed by atoms with Gasteiger partial charge in [-0.1, -0.05) is 22.0 Å². The molecule has 1 N–H and O–H groups in total. The molecule has 2 aromatic rings. The lowest BCUT2D eigenvalue weighted by atomic mass is 10.2. The molecule has 6 heteroatoms. The fourth-order valence-electron chi connectivity index (χ4n) is 1.77. The van der Waals surface area contributed by atoms with Crippen LogP contribution in [-0.2, 0) is 6.54 Å². The van der Waals surface area contributed by atoms with E-state index in [0.29, 0.717) is 11.0 Å². The summed E-state index contributed by atoms with van der Waals surface area (Å²) in [5.74, 6) is 0. The second-order valence-electron chi connectivity index (χ2n) is 4.36. The van der Waals surface area contributed by atoms with E-state index in [1.165, 1.54) is 0 Å². The van der Waals surface area contributed by atoms with Crippen molar-refractivity contribution in [2.75, 3.05) is 5.32 Å². The first-order valence-corrected chi connectivity index (χ1v) is 7.49. The normalized spacial score (nSPS) is 10.3. The summed E-state index contributed by atoms with van der Waals surface area (Å²) in [5.41, 5.74) is 3.06. The molecule has 2 rings (SSSR count). The molecule has 0 unspecified atom stereocenters. The first-order valence-electron chi connectivity index (χ1n) is 5.90. The van der Waals surface area contributed by atoms with E-state index in [9.17, 15) is 10.1 Å². The van der Waals surface area contributed by atoms with Gasteiger partial charge < -0.3 is 5.32 Å². The van der Waals surface area contributed by atoms with Crippen LogP contribution in [0.2, 0.25) is 0 Å². The Labute approximate surface area is 133 Å². The van der Waals surface area contributed by atoms with Crippen LogP contribution in [0.4, 0.5) is 11.4 Å². The number of nitro groups is 1. The van der Waals surface area contributed by atoms with Crippen LogP contribution in [0.1, 0.15) is 11.1 Å². The molecule has 0 radical (unpaired) electrons. The molecule has 0 saturated carbocycles. The highest BCUT2D eigenvalue weighted by molar-refractivity contribution is 9.10. The van der Waals surface area contributed by atoms with Crippen LogP contribution in [0.3, 0.4) is 0 Å². The van der Waals surface area contributed by atoms with Crippen LogP contribution >= 0.6 is 31.9 Å². The molecule has 0 amide bonds. The summed E-state index contributed by atoms with van der Waals surface area (Å²) in [6, 6.07) is 11.1. The molecule has 0 heterocycles. The number of anilines is 1. The van der Waals surface area contributed by atoms with Gasteiger partial charge in [-0.25, -0.2) is 0 Å². The predicted octanol–water partition coefficient (Wildman–Crippen LogP) is 5.04. The monoisotopic (exact) mass is 398 g/mol. The van der Waals surface area contributed by atoms with E-state index in [2.05, 4.69) is 37.2 Å². The third kappa shape index (κ3) is 3.58. The molecule has 0 fully saturated rings. The van der Waals surface area contributed by atoms with E-state index in [1.807, 2.05) is 31.2 Å². The van der Waals surface area contributed by atoms with Gasteiger partial charge in [-0.05, 0) is 58.2 Å². The van der Waals surface area contributed by atoms with Crippen LogP contribution in [0.15, 0.2) is 45.3 Å². The summed E-state index contributed by atoms with van der Waals surface area (Å²) in [7, 11) is 0. The summed E-state index contributed by atoms with van der Waals surface area (Å²) < 4.78 is 1.55. The highest BCUT2D eigenvalue weighted by atomic mass is 79.9. The van der Waals surface area contributed by atoms with E-state index in [-0.39, 0.29) is 5.69 Å². The van der Waals surface area contributed by atoms with Gasteiger partial charge in [0.1, 0.15) is 0 Å². The number of hydrogen-bond donors (Lipinski definition) is 1. The van der Waals surface area contributed by atoms with Crippen molar-refractivity contribution in [2.45, 2.75) is 13.5 Å². The largest absolute Gasteiger partial charge is 0.381 e. The number of nitrogens with zero attached hydrogens (tertiary/aromatic N) is 1. The minimum atomic E-state index is -0.392. The Balaban J connectivity index is 2.12. The molecule has 0 aliphatic rings. The third-order valence-electron chi connectivity index (χ3n) is 2.86. The van der Waals surface area contributed by atoms with Crippen LogP contribution in [-0.4, -0.2) is 4.92 Å². The Hall–Kier alpha value is -1.40. The average molecular weight is 400 g/mol. The summed E-state index contributed by atoms with van der Waals surface area (Å²) in [6.07, 6.45) is 0. The number of halogens is 2. The molecule has 4 nitrogen and oxygen atoms in total. The zero-order valence-electron chi connectivity index (χ0n) is 10.7. The van der Waals surface area contributed by atoms with E-state index >= 15 is 0 Å². The standard InChI is InChI=1S/C14H12Br2N2O2/c1-9-6-11(3-5-12(9)15)17-8-10-2-4-13(16)14(7-10)18(19)20/h2-7,17H,8H2,1H3. The fourth-order valence-corrected chi connectivity index (χ4v) is 2.40. The van der Waals surface area contributed by atoms with Crippen LogP contribution in [0, 0.1) is 17.0 Å². The molecular weight excluding hydrogens is 388 g/mol. The van der Waals surface area contributed by atoms with Gasteiger partial charge in [0.15, 0.2) is 0 Å². The van der Waals surface area contributed by atoms with Crippen LogP contribution in [0.25, 0.3) is 0 Å². The first-order chi connectivity index (χ1) is 9.47. The molecular formula is C14H12Br2N2O2. The van der Waals surface area contributed by atoms with Gasteiger partial charge in [-0.15, -0.1) is 0 Å². The second kappa shape index (κ2) is 6.37. The van der Waals surface area contributed by atoms with Crippen molar-refractivity contribution in [2.24, 2.45) is 0 Å². The van der Waals surface area contributed by atoms with Crippen molar-refractivity contribution in [1.29, 1.82) is 0 Å². The average Bonchev–Trinajstić information content (AvgIpc) is 2.41. The van der Waals surface area contributed by atoms with Gasteiger partial charge in [0, 0.05) is 22.8 Å². The summed E-state index contributed by atoms with van der Waals surface area (Å²) in [6.45, 7) is 2.55. The minimum absolute atomic E-state index is 0.0799. The highest BCUT2D eigenvalue weighted by Crippen LogP contribution is 2.26. The van der Waals surface area contributed by atoms with Crippen LogP contribution in [0.5, 0.6) is 0 Å². The Morgan fingerprint density at radius 2 is 1.85 bits per heavy atom. The molecule has 0 atom stereocenters. The Bertz CT molecular complexity index is 660.